The number of amides is 1. The van der Waals surface area contributed by atoms with Crippen LogP contribution in [0.2, 0.25) is 0 Å². The topological polar surface area (TPSA) is 47.6 Å². The summed E-state index contributed by atoms with van der Waals surface area (Å²) in [6, 6.07) is 14.6. The van der Waals surface area contributed by atoms with E-state index in [4.69, 9.17) is 9.47 Å². The summed E-state index contributed by atoms with van der Waals surface area (Å²) in [6.45, 7) is 5.34. The Hall–Kier alpha value is -2.49. The summed E-state index contributed by atoms with van der Waals surface area (Å²) >= 11 is 0. The summed E-state index contributed by atoms with van der Waals surface area (Å²) in [5.41, 5.74) is 1.31. The summed E-state index contributed by atoms with van der Waals surface area (Å²) in [5.74, 6) is 1.35. The van der Waals surface area contributed by atoms with Crippen molar-refractivity contribution in [3.05, 3.63) is 54.1 Å². The zero-order valence-electron chi connectivity index (χ0n) is 13.7. The second kappa shape index (κ2) is 8.83. The number of hydrogen-bond acceptors (Lipinski definition) is 3. The molecule has 4 heteroatoms. The molecule has 0 saturated carbocycles. The Bertz CT molecular complexity index is 623. The Morgan fingerprint density at radius 2 is 1.78 bits per heavy atom. The van der Waals surface area contributed by atoms with E-state index in [9.17, 15) is 4.79 Å². The molecule has 0 aliphatic rings. The molecule has 1 amide bonds. The fourth-order valence-electron chi connectivity index (χ4n) is 2.07. The van der Waals surface area contributed by atoms with Gasteiger partial charge in [-0.1, -0.05) is 19.4 Å². The maximum Gasteiger partial charge on any atom is 0.255 e. The van der Waals surface area contributed by atoms with E-state index >= 15 is 0 Å². The number of benzene rings is 2. The van der Waals surface area contributed by atoms with Crippen molar-refractivity contribution in [2.24, 2.45) is 0 Å². The van der Waals surface area contributed by atoms with Crippen LogP contribution >= 0.6 is 0 Å². The molecule has 0 fully saturated rings. The Balaban J connectivity index is 1.98. The zero-order valence-corrected chi connectivity index (χ0v) is 13.7. The van der Waals surface area contributed by atoms with Crippen molar-refractivity contribution < 1.29 is 14.3 Å². The first-order valence-corrected chi connectivity index (χ1v) is 8.00. The SMILES string of the molecule is CCCCOc1cccc(C(=O)Nc2ccc(OCC)cc2)c1. The maximum atomic E-state index is 12.3. The largest absolute Gasteiger partial charge is 0.494 e. The molecule has 2 aromatic carbocycles. The van der Waals surface area contributed by atoms with Crippen molar-refractivity contribution in [3.8, 4) is 11.5 Å². The highest BCUT2D eigenvalue weighted by Gasteiger charge is 2.07. The summed E-state index contributed by atoms with van der Waals surface area (Å²) in [6.07, 6.45) is 2.08. The van der Waals surface area contributed by atoms with E-state index in [1.165, 1.54) is 0 Å². The first-order valence-electron chi connectivity index (χ1n) is 8.00. The zero-order chi connectivity index (χ0) is 16.5. The molecule has 0 aromatic heterocycles. The summed E-state index contributed by atoms with van der Waals surface area (Å²) < 4.78 is 11.0. The molecule has 0 bridgehead atoms. The van der Waals surface area contributed by atoms with Gasteiger partial charge in [0.25, 0.3) is 5.91 Å². The lowest BCUT2D eigenvalue weighted by Crippen LogP contribution is -2.12. The third-order valence-electron chi connectivity index (χ3n) is 3.29. The first-order chi connectivity index (χ1) is 11.2. The number of carbonyl (C=O) groups excluding carboxylic acids is 1. The van der Waals surface area contributed by atoms with E-state index in [0.717, 1.165) is 30.0 Å². The van der Waals surface area contributed by atoms with Crippen LogP contribution in [-0.2, 0) is 0 Å². The highest BCUT2D eigenvalue weighted by atomic mass is 16.5. The smallest absolute Gasteiger partial charge is 0.255 e. The van der Waals surface area contributed by atoms with Crippen molar-refractivity contribution in [1.29, 1.82) is 0 Å². The van der Waals surface area contributed by atoms with Gasteiger partial charge in [-0.2, -0.15) is 0 Å². The van der Waals surface area contributed by atoms with E-state index in [1.54, 1.807) is 12.1 Å². The molecule has 0 saturated heterocycles. The number of unbranched alkanes of at least 4 members (excludes halogenated alkanes) is 1. The second-order valence-electron chi connectivity index (χ2n) is 5.14. The number of hydrogen-bond donors (Lipinski definition) is 1. The Morgan fingerprint density at radius 3 is 2.48 bits per heavy atom. The fraction of sp³-hybridized carbons (Fsp3) is 0.316. The lowest BCUT2D eigenvalue weighted by Gasteiger charge is -2.09. The maximum absolute atomic E-state index is 12.3. The molecule has 0 aliphatic heterocycles. The van der Waals surface area contributed by atoms with Crippen LogP contribution in [-0.4, -0.2) is 19.1 Å². The molecule has 0 aliphatic carbocycles. The van der Waals surface area contributed by atoms with Crippen molar-refractivity contribution in [1.82, 2.24) is 0 Å². The van der Waals surface area contributed by atoms with Crippen molar-refractivity contribution >= 4 is 11.6 Å². The van der Waals surface area contributed by atoms with Gasteiger partial charge in [0.15, 0.2) is 0 Å². The third-order valence-corrected chi connectivity index (χ3v) is 3.29. The van der Waals surface area contributed by atoms with E-state index in [1.807, 2.05) is 43.3 Å². The van der Waals surface area contributed by atoms with E-state index in [0.29, 0.717) is 18.8 Å². The number of carbonyl (C=O) groups is 1. The number of rotatable bonds is 8. The van der Waals surface area contributed by atoms with Crippen LogP contribution in [0.15, 0.2) is 48.5 Å². The summed E-state index contributed by atoms with van der Waals surface area (Å²) in [7, 11) is 0. The highest BCUT2D eigenvalue weighted by Crippen LogP contribution is 2.18. The van der Waals surface area contributed by atoms with Crippen LogP contribution in [0, 0.1) is 0 Å². The molecule has 4 nitrogen and oxygen atoms in total. The fourth-order valence-corrected chi connectivity index (χ4v) is 2.07. The van der Waals surface area contributed by atoms with Crippen LogP contribution < -0.4 is 14.8 Å². The van der Waals surface area contributed by atoms with Gasteiger partial charge in [0.05, 0.1) is 13.2 Å². The molecule has 1 N–H and O–H groups in total. The average molecular weight is 313 g/mol. The average Bonchev–Trinajstić information content (AvgIpc) is 2.57. The van der Waals surface area contributed by atoms with Crippen LogP contribution in [0.1, 0.15) is 37.0 Å². The summed E-state index contributed by atoms with van der Waals surface area (Å²) in [5, 5.41) is 2.87. The minimum absolute atomic E-state index is 0.157. The van der Waals surface area contributed by atoms with E-state index < -0.39 is 0 Å². The molecule has 0 spiro atoms. The molecule has 23 heavy (non-hydrogen) atoms. The molecule has 122 valence electrons. The number of nitrogens with one attached hydrogen (secondary N) is 1. The van der Waals surface area contributed by atoms with E-state index in [2.05, 4.69) is 12.2 Å². The monoisotopic (exact) mass is 313 g/mol. The molecule has 0 atom stereocenters. The van der Waals surface area contributed by atoms with Gasteiger partial charge in [-0.15, -0.1) is 0 Å². The number of ether oxygens (including phenoxy) is 2. The first kappa shape index (κ1) is 16.9. The minimum Gasteiger partial charge on any atom is -0.494 e. The molecular formula is C19H23NO3. The van der Waals surface area contributed by atoms with Crippen LogP contribution in [0.25, 0.3) is 0 Å². The molecule has 0 unspecified atom stereocenters. The van der Waals surface area contributed by atoms with Gasteiger partial charge in [-0.05, 0) is 55.8 Å². The van der Waals surface area contributed by atoms with Gasteiger partial charge in [-0.3, -0.25) is 4.79 Å². The second-order valence-corrected chi connectivity index (χ2v) is 5.14. The summed E-state index contributed by atoms with van der Waals surface area (Å²) in [4.78, 5) is 12.3. The molecular weight excluding hydrogens is 290 g/mol. The quantitative estimate of drug-likeness (QED) is 0.729. The molecule has 0 radical (unpaired) electrons. The van der Waals surface area contributed by atoms with Crippen molar-refractivity contribution in [3.63, 3.8) is 0 Å². The van der Waals surface area contributed by atoms with Gasteiger partial charge >= 0.3 is 0 Å². The molecule has 2 rings (SSSR count). The highest BCUT2D eigenvalue weighted by molar-refractivity contribution is 6.04. The number of anilines is 1. The normalized spacial score (nSPS) is 10.2. The Kier molecular flexibility index (Phi) is 6.48. The van der Waals surface area contributed by atoms with Crippen LogP contribution in [0.3, 0.4) is 0 Å². The lowest BCUT2D eigenvalue weighted by molar-refractivity contribution is 0.102. The van der Waals surface area contributed by atoms with Crippen molar-refractivity contribution in [2.75, 3.05) is 18.5 Å². The molecule has 2 aromatic rings. The van der Waals surface area contributed by atoms with Gasteiger partial charge in [-0.25, -0.2) is 0 Å². The van der Waals surface area contributed by atoms with Crippen LogP contribution in [0.4, 0.5) is 5.69 Å². The Labute approximate surface area is 137 Å². The van der Waals surface area contributed by atoms with Crippen LogP contribution in [0.5, 0.6) is 11.5 Å². The van der Waals surface area contributed by atoms with Gasteiger partial charge in [0.2, 0.25) is 0 Å². The van der Waals surface area contributed by atoms with Crippen molar-refractivity contribution in [2.45, 2.75) is 26.7 Å². The van der Waals surface area contributed by atoms with Gasteiger partial charge in [0, 0.05) is 11.3 Å². The Morgan fingerprint density at radius 1 is 1.00 bits per heavy atom. The minimum atomic E-state index is -0.157. The van der Waals surface area contributed by atoms with Gasteiger partial charge in [0.1, 0.15) is 11.5 Å². The third kappa shape index (κ3) is 5.33. The lowest BCUT2D eigenvalue weighted by atomic mass is 10.2. The predicted molar refractivity (Wildman–Crippen MR) is 92.4 cm³/mol. The predicted octanol–water partition coefficient (Wildman–Crippen LogP) is 4.52. The van der Waals surface area contributed by atoms with Gasteiger partial charge < -0.3 is 14.8 Å². The van der Waals surface area contributed by atoms with E-state index in [-0.39, 0.29) is 5.91 Å². The molecule has 0 heterocycles. The standard InChI is InChI=1S/C19H23NO3/c1-3-5-13-23-18-8-6-7-15(14-18)19(21)20-16-9-11-17(12-10-16)22-4-2/h6-12,14H,3-5,13H2,1-2H3,(H,20,21).